The molecule has 1 aromatic carbocycles. The van der Waals surface area contributed by atoms with Crippen LogP contribution in [0.25, 0.3) is 6.08 Å². The van der Waals surface area contributed by atoms with Gasteiger partial charge in [0.05, 0.1) is 7.11 Å². The maximum atomic E-state index is 10.8. The van der Waals surface area contributed by atoms with E-state index < -0.39 is 0 Å². The molecule has 0 aliphatic carbocycles. The summed E-state index contributed by atoms with van der Waals surface area (Å²) in [4.78, 5) is 14.9. The van der Waals surface area contributed by atoms with Crippen molar-refractivity contribution >= 4 is 17.8 Å². The van der Waals surface area contributed by atoms with Crippen LogP contribution in [0.2, 0.25) is 0 Å². The number of esters is 1. The Kier molecular flexibility index (Phi) is 4.99. The van der Waals surface area contributed by atoms with Crippen LogP contribution in [0, 0.1) is 0 Å². The number of hydrogen-bond acceptors (Lipinski definition) is 3. The van der Waals surface area contributed by atoms with Gasteiger partial charge in [0.25, 0.3) is 0 Å². The molecule has 0 bridgehead atoms. The van der Waals surface area contributed by atoms with E-state index in [0.29, 0.717) is 0 Å². The Hall–Kier alpha value is -1.90. The first-order valence-electron chi connectivity index (χ1n) is 5.03. The van der Waals surface area contributed by atoms with E-state index in [1.54, 1.807) is 0 Å². The van der Waals surface area contributed by atoms with Gasteiger partial charge in [-0.05, 0) is 18.6 Å². The topological polar surface area (TPSA) is 38.7 Å². The zero-order valence-corrected chi connectivity index (χ0v) is 9.51. The molecule has 3 heteroatoms. The lowest BCUT2D eigenvalue weighted by Gasteiger charge is -1.95. The minimum atomic E-state index is -0.326. The van der Waals surface area contributed by atoms with Crippen LogP contribution in [0.4, 0.5) is 0 Å². The van der Waals surface area contributed by atoms with Gasteiger partial charge >= 0.3 is 5.97 Å². The van der Waals surface area contributed by atoms with Crippen LogP contribution in [-0.4, -0.2) is 25.3 Å². The molecular weight excluding hydrogens is 202 g/mol. The van der Waals surface area contributed by atoms with Crippen LogP contribution in [0.15, 0.2) is 41.4 Å². The van der Waals surface area contributed by atoms with Crippen molar-refractivity contribution in [3.05, 3.63) is 42.0 Å². The van der Waals surface area contributed by atoms with E-state index in [2.05, 4.69) is 9.73 Å². The Morgan fingerprint density at radius 1 is 1.38 bits per heavy atom. The molecular formula is C13H15NO2. The van der Waals surface area contributed by atoms with Gasteiger partial charge < -0.3 is 4.74 Å². The van der Waals surface area contributed by atoms with Crippen molar-refractivity contribution < 1.29 is 9.53 Å². The van der Waals surface area contributed by atoms with E-state index >= 15 is 0 Å². The smallest absolute Gasteiger partial charge is 0.327 e. The fourth-order valence-corrected chi connectivity index (χ4v) is 1.09. The molecule has 0 amide bonds. The standard InChI is InChI=1S/C13H15NO2/c1-11(14-10-13(15)16-2)8-9-12-6-4-3-5-7-12/h3-9H,10H2,1-2H3/b9-8+,14-11?. The monoisotopic (exact) mass is 217 g/mol. The van der Waals surface area contributed by atoms with Gasteiger partial charge in [-0.2, -0.15) is 0 Å². The van der Waals surface area contributed by atoms with Crippen molar-refractivity contribution in [3.63, 3.8) is 0 Å². The average molecular weight is 217 g/mol. The van der Waals surface area contributed by atoms with Crippen molar-refractivity contribution in [3.8, 4) is 0 Å². The van der Waals surface area contributed by atoms with Crippen LogP contribution < -0.4 is 0 Å². The lowest BCUT2D eigenvalue weighted by Crippen LogP contribution is -2.05. The van der Waals surface area contributed by atoms with E-state index in [1.165, 1.54) is 7.11 Å². The molecule has 0 aromatic heterocycles. The summed E-state index contributed by atoms with van der Waals surface area (Å²) >= 11 is 0. The predicted molar refractivity (Wildman–Crippen MR) is 65.5 cm³/mol. The first kappa shape index (κ1) is 12.2. The number of methoxy groups -OCH3 is 1. The second-order valence-corrected chi connectivity index (χ2v) is 3.28. The van der Waals surface area contributed by atoms with Gasteiger partial charge in [0.1, 0.15) is 6.54 Å². The van der Waals surface area contributed by atoms with Gasteiger partial charge in [0.15, 0.2) is 0 Å². The molecule has 0 aliphatic heterocycles. The molecule has 0 spiro atoms. The summed E-state index contributed by atoms with van der Waals surface area (Å²) in [7, 11) is 1.35. The number of nitrogens with zero attached hydrogens (tertiary/aromatic N) is 1. The van der Waals surface area contributed by atoms with E-state index in [4.69, 9.17) is 0 Å². The Balaban J connectivity index is 2.54. The highest BCUT2D eigenvalue weighted by Gasteiger charge is 1.95. The number of allylic oxidation sites excluding steroid dienone is 1. The fourth-order valence-electron chi connectivity index (χ4n) is 1.09. The van der Waals surface area contributed by atoms with Gasteiger partial charge in [0.2, 0.25) is 0 Å². The highest BCUT2D eigenvalue weighted by Crippen LogP contribution is 2.01. The normalized spacial score (nSPS) is 11.8. The van der Waals surface area contributed by atoms with Crippen LogP contribution in [-0.2, 0) is 9.53 Å². The Labute approximate surface area is 95.5 Å². The summed E-state index contributed by atoms with van der Waals surface area (Å²) in [5.41, 5.74) is 1.91. The Morgan fingerprint density at radius 3 is 2.69 bits per heavy atom. The molecule has 0 fully saturated rings. The third-order valence-corrected chi connectivity index (χ3v) is 2.00. The number of ether oxygens (including phenoxy) is 1. The third kappa shape index (κ3) is 4.55. The third-order valence-electron chi connectivity index (χ3n) is 2.00. The molecule has 84 valence electrons. The maximum Gasteiger partial charge on any atom is 0.327 e. The number of aliphatic imine (C=N–C) groups is 1. The first-order chi connectivity index (χ1) is 7.72. The van der Waals surface area contributed by atoms with E-state index in [1.807, 2.05) is 49.4 Å². The van der Waals surface area contributed by atoms with Gasteiger partial charge in [-0.1, -0.05) is 36.4 Å². The van der Waals surface area contributed by atoms with Crippen molar-refractivity contribution in [1.29, 1.82) is 0 Å². The van der Waals surface area contributed by atoms with Crippen LogP contribution in [0.5, 0.6) is 0 Å². The van der Waals surface area contributed by atoms with Gasteiger partial charge in [-0.25, -0.2) is 0 Å². The molecule has 1 aromatic rings. The van der Waals surface area contributed by atoms with Crippen LogP contribution >= 0.6 is 0 Å². The molecule has 0 saturated heterocycles. The molecule has 0 N–H and O–H groups in total. The predicted octanol–water partition coefficient (Wildman–Crippen LogP) is 2.33. The zero-order valence-electron chi connectivity index (χ0n) is 9.51. The van der Waals surface area contributed by atoms with Crippen molar-refractivity contribution in [2.24, 2.45) is 4.99 Å². The molecule has 0 unspecified atom stereocenters. The molecule has 0 radical (unpaired) electrons. The van der Waals surface area contributed by atoms with E-state index in [-0.39, 0.29) is 12.5 Å². The quantitative estimate of drug-likeness (QED) is 0.573. The molecule has 0 heterocycles. The average Bonchev–Trinajstić information content (AvgIpc) is 2.34. The largest absolute Gasteiger partial charge is 0.468 e. The lowest BCUT2D eigenvalue weighted by atomic mass is 10.2. The Bertz CT molecular complexity index is 394. The molecule has 0 atom stereocenters. The summed E-state index contributed by atoms with van der Waals surface area (Å²) in [5.74, 6) is -0.326. The summed E-state index contributed by atoms with van der Waals surface area (Å²) in [6.45, 7) is 1.92. The van der Waals surface area contributed by atoms with Gasteiger partial charge in [-0.3, -0.25) is 9.79 Å². The SMILES string of the molecule is COC(=O)CN=C(C)/C=C/c1ccccc1. The maximum absolute atomic E-state index is 10.8. The lowest BCUT2D eigenvalue weighted by molar-refractivity contribution is -0.138. The number of carbonyl (C=O) groups is 1. The van der Waals surface area contributed by atoms with Crippen molar-refractivity contribution in [2.45, 2.75) is 6.92 Å². The highest BCUT2D eigenvalue weighted by molar-refractivity contribution is 5.97. The van der Waals surface area contributed by atoms with Gasteiger partial charge in [-0.15, -0.1) is 0 Å². The number of rotatable bonds is 4. The summed E-state index contributed by atoms with van der Waals surface area (Å²) in [6.07, 6.45) is 3.83. The van der Waals surface area contributed by atoms with E-state index in [0.717, 1.165) is 11.3 Å². The van der Waals surface area contributed by atoms with Crippen LogP contribution in [0.1, 0.15) is 12.5 Å². The highest BCUT2D eigenvalue weighted by atomic mass is 16.5. The summed E-state index contributed by atoms with van der Waals surface area (Å²) in [5, 5.41) is 0. The molecule has 1 rings (SSSR count). The van der Waals surface area contributed by atoms with Crippen molar-refractivity contribution in [1.82, 2.24) is 0 Å². The fraction of sp³-hybridized carbons (Fsp3) is 0.231. The molecule has 16 heavy (non-hydrogen) atoms. The first-order valence-corrected chi connectivity index (χ1v) is 5.03. The number of benzene rings is 1. The second kappa shape index (κ2) is 6.56. The zero-order chi connectivity index (χ0) is 11.8. The number of carbonyl (C=O) groups excluding carboxylic acids is 1. The van der Waals surface area contributed by atoms with Gasteiger partial charge in [0, 0.05) is 5.71 Å². The minimum absolute atomic E-state index is 0.0709. The van der Waals surface area contributed by atoms with Crippen molar-refractivity contribution in [2.75, 3.05) is 13.7 Å². The molecule has 0 aliphatic rings. The van der Waals surface area contributed by atoms with Crippen LogP contribution in [0.3, 0.4) is 0 Å². The minimum Gasteiger partial charge on any atom is -0.468 e. The summed E-state index contributed by atoms with van der Waals surface area (Å²) < 4.78 is 4.49. The second-order valence-electron chi connectivity index (χ2n) is 3.28. The summed E-state index contributed by atoms with van der Waals surface area (Å²) in [6, 6.07) is 9.92. The Morgan fingerprint density at radius 2 is 2.06 bits per heavy atom. The molecule has 3 nitrogen and oxygen atoms in total. The van der Waals surface area contributed by atoms with E-state index in [9.17, 15) is 4.79 Å². The number of hydrogen-bond donors (Lipinski definition) is 0. The molecule has 0 saturated carbocycles.